The molecule has 3 atom stereocenters. The van der Waals surface area contributed by atoms with E-state index in [-0.39, 0.29) is 17.3 Å². The number of hydrogen-bond donors (Lipinski definition) is 0. The van der Waals surface area contributed by atoms with E-state index < -0.39 is 0 Å². The molecule has 0 N–H and O–H groups in total. The lowest BCUT2D eigenvalue weighted by Gasteiger charge is -2.41. The Morgan fingerprint density at radius 3 is 2.07 bits per heavy atom. The maximum atomic E-state index is 6.35. The molecule has 1 saturated heterocycles. The van der Waals surface area contributed by atoms with Gasteiger partial charge in [0.1, 0.15) is 0 Å². The molecule has 0 amide bonds. The van der Waals surface area contributed by atoms with E-state index in [9.17, 15) is 0 Å². The Morgan fingerprint density at radius 2 is 1.46 bits per heavy atom. The van der Waals surface area contributed by atoms with Crippen molar-refractivity contribution in [1.29, 1.82) is 0 Å². The van der Waals surface area contributed by atoms with Crippen LogP contribution in [0.3, 0.4) is 0 Å². The normalized spacial score (nSPS) is 24.1. The summed E-state index contributed by atoms with van der Waals surface area (Å²) >= 11 is 0. The Morgan fingerprint density at radius 1 is 0.857 bits per heavy atom. The molecule has 6 heteroatoms. The minimum Gasteiger partial charge on any atom is -0.381 e. The van der Waals surface area contributed by atoms with Crippen molar-refractivity contribution in [3.63, 3.8) is 0 Å². The van der Waals surface area contributed by atoms with Crippen LogP contribution < -0.4 is 0 Å². The average molecular weight is 404 g/mol. The van der Waals surface area contributed by atoms with Gasteiger partial charge < -0.3 is 28.6 Å². The van der Waals surface area contributed by atoms with Crippen molar-refractivity contribution < 1.29 is 23.7 Å². The Labute approximate surface area is 173 Å². The second kappa shape index (κ2) is 12.5. The SMILES string of the molecule is CC1COCC(CN(C)CCOCCOCCOC(C)(C)C)C1OC(C)(C)C. The number of ether oxygens (including phenoxy) is 5. The number of likely N-dealkylation sites (N-methyl/N-ethyl adjacent to an activating group) is 1. The van der Waals surface area contributed by atoms with Gasteiger partial charge in [-0.05, 0) is 48.6 Å². The Kier molecular flexibility index (Phi) is 11.5. The van der Waals surface area contributed by atoms with Crippen LogP contribution in [-0.4, -0.2) is 88.6 Å². The zero-order valence-corrected chi connectivity index (χ0v) is 19.6. The highest BCUT2D eigenvalue weighted by Crippen LogP contribution is 2.28. The van der Waals surface area contributed by atoms with Crippen LogP contribution in [0.15, 0.2) is 0 Å². The highest BCUT2D eigenvalue weighted by molar-refractivity contribution is 4.83. The first kappa shape index (κ1) is 25.8. The number of rotatable bonds is 12. The van der Waals surface area contributed by atoms with Gasteiger partial charge in [0.25, 0.3) is 0 Å². The first-order valence-corrected chi connectivity index (χ1v) is 10.7. The quantitative estimate of drug-likeness (QED) is 0.466. The Bertz CT molecular complexity index is 405. The van der Waals surface area contributed by atoms with Crippen LogP contribution in [0, 0.1) is 11.8 Å². The van der Waals surface area contributed by atoms with Crippen LogP contribution in [0.5, 0.6) is 0 Å². The van der Waals surface area contributed by atoms with Gasteiger partial charge in [0.15, 0.2) is 0 Å². The summed E-state index contributed by atoms with van der Waals surface area (Å²) in [5.74, 6) is 0.807. The van der Waals surface area contributed by atoms with E-state index in [0.717, 1.165) is 26.3 Å². The largest absolute Gasteiger partial charge is 0.381 e. The predicted octanol–water partition coefficient (Wildman–Crippen LogP) is 3.23. The molecule has 1 aliphatic rings. The van der Waals surface area contributed by atoms with Gasteiger partial charge in [0.05, 0.1) is 63.6 Å². The molecule has 168 valence electrons. The van der Waals surface area contributed by atoms with Crippen molar-refractivity contribution in [3.05, 3.63) is 0 Å². The van der Waals surface area contributed by atoms with Gasteiger partial charge in [-0.2, -0.15) is 0 Å². The fraction of sp³-hybridized carbons (Fsp3) is 1.00. The summed E-state index contributed by atoms with van der Waals surface area (Å²) < 4.78 is 29.0. The van der Waals surface area contributed by atoms with Gasteiger partial charge in [0.2, 0.25) is 0 Å². The zero-order valence-electron chi connectivity index (χ0n) is 19.6. The highest BCUT2D eigenvalue weighted by Gasteiger charge is 2.35. The van der Waals surface area contributed by atoms with Crippen molar-refractivity contribution in [2.45, 2.75) is 65.8 Å². The second-order valence-corrected chi connectivity index (χ2v) is 9.92. The Hall–Kier alpha value is -0.240. The molecule has 0 aromatic carbocycles. The molecule has 28 heavy (non-hydrogen) atoms. The van der Waals surface area contributed by atoms with Crippen molar-refractivity contribution in [2.24, 2.45) is 11.8 Å². The molecule has 6 nitrogen and oxygen atoms in total. The van der Waals surface area contributed by atoms with Crippen LogP contribution in [0.2, 0.25) is 0 Å². The third-order valence-corrected chi connectivity index (χ3v) is 4.53. The molecule has 1 fully saturated rings. The molecule has 3 unspecified atom stereocenters. The first-order chi connectivity index (χ1) is 13.0. The van der Waals surface area contributed by atoms with E-state index in [2.05, 4.69) is 39.6 Å². The topological polar surface area (TPSA) is 49.4 Å². The van der Waals surface area contributed by atoms with Gasteiger partial charge in [-0.25, -0.2) is 0 Å². The minimum absolute atomic E-state index is 0.109. The van der Waals surface area contributed by atoms with E-state index >= 15 is 0 Å². The highest BCUT2D eigenvalue weighted by atomic mass is 16.5. The molecule has 0 bridgehead atoms. The van der Waals surface area contributed by atoms with Crippen molar-refractivity contribution in [1.82, 2.24) is 4.90 Å². The van der Waals surface area contributed by atoms with Crippen molar-refractivity contribution in [2.75, 3.05) is 66.4 Å². The predicted molar refractivity (Wildman–Crippen MR) is 113 cm³/mol. The van der Waals surface area contributed by atoms with E-state index in [1.54, 1.807) is 0 Å². The molecule has 1 aliphatic heterocycles. The smallest absolute Gasteiger partial charge is 0.0707 e. The molecule has 0 spiro atoms. The summed E-state index contributed by atoms with van der Waals surface area (Å²) in [6.45, 7) is 21.3. The summed E-state index contributed by atoms with van der Waals surface area (Å²) in [5.41, 5.74) is -0.239. The molecular formula is C22H45NO5. The standard InChI is InChI=1S/C22H45NO5/c1-18-16-26-17-19(20(18)28-22(5,6)7)15-23(8)9-10-24-11-12-25-13-14-27-21(2,3)4/h18-20H,9-17H2,1-8H3. The van der Waals surface area contributed by atoms with Crippen LogP contribution in [0.4, 0.5) is 0 Å². The molecule has 0 radical (unpaired) electrons. The molecule has 0 aromatic heterocycles. The molecule has 0 aromatic rings. The summed E-state index contributed by atoms with van der Waals surface area (Å²) in [6.07, 6.45) is 0.237. The van der Waals surface area contributed by atoms with Crippen LogP contribution in [0.25, 0.3) is 0 Å². The van der Waals surface area contributed by atoms with Crippen molar-refractivity contribution >= 4 is 0 Å². The maximum absolute atomic E-state index is 6.35. The fourth-order valence-electron chi connectivity index (χ4n) is 3.28. The molecule has 0 aliphatic carbocycles. The zero-order chi connectivity index (χ0) is 21.2. The lowest BCUT2D eigenvalue weighted by molar-refractivity contribution is -0.160. The third-order valence-electron chi connectivity index (χ3n) is 4.53. The molecular weight excluding hydrogens is 358 g/mol. The lowest BCUT2D eigenvalue weighted by atomic mass is 9.89. The Balaban J connectivity index is 2.15. The minimum atomic E-state index is -0.131. The van der Waals surface area contributed by atoms with Crippen LogP contribution in [0.1, 0.15) is 48.5 Å². The van der Waals surface area contributed by atoms with Gasteiger partial charge in [-0.3, -0.25) is 0 Å². The van der Waals surface area contributed by atoms with E-state index in [0.29, 0.717) is 44.9 Å². The van der Waals surface area contributed by atoms with Crippen LogP contribution in [-0.2, 0) is 23.7 Å². The fourth-order valence-corrected chi connectivity index (χ4v) is 3.28. The summed E-state index contributed by atoms with van der Waals surface area (Å²) in [5, 5.41) is 0. The lowest BCUT2D eigenvalue weighted by Crippen LogP contribution is -2.48. The van der Waals surface area contributed by atoms with Crippen molar-refractivity contribution in [3.8, 4) is 0 Å². The van der Waals surface area contributed by atoms with Crippen LogP contribution >= 0.6 is 0 Å². The first-order valence-electron chi connectivity index (χ1n) is 10.7. The van der Waals surface area contributed by atoms with E-state index in [4.69, 9.17) is 23.7 Å². The third kappa shape index (κ3) is 12.3. The van der Waals surface area contributed by atoms with Gasteiger partial charge in [-0.1, -0.05) is 6.92 Å². The summed E-state index contributed by atoms with van der Waals surface area (Å²) in [7, 11) is 2.14. The van der Waals surface area contributed by atoms with Gasteiger partial charge in [0, 0.05) is 24.9 Å². The molecule has 1 heterocycles. The number of nitrogens with zero attached hydrogens (tertiary/aromatic N) is 1. The van der Waals surface area contributed by atoms with E-state index in [1.165, 1.54) is 0 Å². The van der Waals surface area contributed by atoms with Gasteiger partial charge >= 0.3 is 0 Å². The molecule has 1 rings (SSSR count). The average Bonchev–Trinajstić information content (AvgIpc) is 2.54. The second-order valence-electron chi connectivity index (χ2n) is 9.92. The van der Waals surface area contributed by atoms with Gasteiger partial charge in [-0.15, -0.1) is 0 Å². The number of hydrogen-bond acceptors (Lipinski definition) is 6. The van der Waals surface area contributed by atoms with E-state index in [1.807, 2.05) is 20.8 Å². The maximum Gasteiger partial charge on any atom is 0.0707 e. The molecule has 0 saturated carbocycles. The monoisotopic (exact) mass is 403 g/mol. The summed E-state index contributed by atoms with van der Waals surface area (Å²) in [6, 6.07) is 0. The summed E-state index contributed by atoms with van der Waals surface area (Å²) in [4.78, 5) is 2.31.